The van der Waals surface area contributed by atoms with Crippen molar-refractivity contribution in [2.24, 2.45) is 0 Å². The number of unbranched alkanes of at least 4 members (excludes halogenated alkanes) is 1. The summed E-state index contributed by atoms with van der Waals surface area (Å²) in [6.45, 7) is 2.20. The van der Waals surface area contributed by atoms with Gasteiger partial charge >= 0.3 is 0 Å². The lowest BCUT2D eigenvalue weighted by Gasteiger charge is -2.21. The first-order valence-electron chi connectivity index (χ1n) is 7.43. The SMILES string of the molecule is CCCCC(Nc1ccc(OC)c(O)c1)c1ccccc1. The quantitative estimate of drug-likeness (QED) is 0.771. The van der Waals surface area contributed by atoms with Gasteiger partial charge in [-0.05, 0) is 24.1 Å². The molecule has 0 saturated heterocycles. The van der Waals surface area contributed by atoms with E-state index in [1.165, 1.54) is 12.0 Å². The summed E-state index contributed by atoms with van der Waals surface area (Å²) in [5.74, 6) is 0.648. The number of ether oxygens (including phenoxy) is 1. The van der Waals surface area contributed by atoms with Crippen LogP contribution in [0.2, 0.25) is 0 Å². The van der Waals surface area contributed by atoms with Crippen molar-refractivity contribution < 1.29 is 9.84 Å². The van der Waals surface area contributed by atoms with Crippen molar-refractivity contribution >= 4 is 5.69 Å². The van der Waals surface area contributed by atoms with Gasteiger partial charge in [0.25, 0.3) is 0 Å². The monoisotopic (exact) mass is 285 g/mol. The number of rotatable bonds is 7. The highest BCUT2D eigenvalue weighted by Crippen LogP contribution is 2.31. The van der Waals surface area contributed by atoms with Crippen LogP contribution in [0.3, 0.4) is 0 Å². The number of benzene rings is 2. The number of aromatic hydroxyl groups is 1. The second-order valence-electron chi connectivity index (χ2n) is 5.14. The fourth-order valence-electron chi connectivity index (χ4n) is 2.40. The maximum Gasteiger partial charge on any atom is 0.160 e. The zero-order chi connectivity index (χ0) is 15.1. The second-order valence-corrected chi connectivity index (χ2v) is 5.14. The minimum atomic E-state index is 0.157. The van der Waals surface area contributed by atoms with Crippen LogP contribution in [0, 0.1) is 0 Å². The molecule has 112 valence electrons. The summed E-state index contributed by atoms with van der Waals surface area (Å²) >= 11 is 0. The van der Waals surface area contributed by atoms with Crippen LogP contribution in [0.4, 0.5) is 5.69 Å². The number of phenols is 1. The molecule has 1 unspecified atom stereocenters. The zero-order valence-electron chi connectivity index (χ0n) is 12.7. The maximum atomic E-state index is 9.89. The Labute approximate surface area is 126 Å². The molecule has 1 atom stereocenters. The lowest BCUT2D eigenvalue weighted by molar-refractivity contribution is 0.373. The van der Waals surface area contributed by atoms with Crippen LogP contribution in [-0.2, 0) is 0 Å². The average Bonchev–Trinajstić information content (AvgIpc) is 2.52. The number of hydrogen-bond donors (Lipinski definition) is 2. The van der Waals surface area contributed by atoms with Crippen molar-refractivity contribution in [3.8, 4) is 11.5 Å². The molecule has 0 saturated carbocycles. The van der Waals surface area contributed by atoms with E-state index >= 15 is 0 Å². The summed E-state index contributed by atoms with van der Waals surface area (Å²) in [5, 5.41) is 13.4. The molecule has 0 aliphatic rings. The van der Waals surface area contributed by atoms with Crippen LogP contribution in [0.25, 0.3) is 0 Å². The third-order valence-corrected chi connectivity index (χ3v) is 3.57. The minimum Gasteiger partial charge on any atom is -0.504 e. The lowest BCUT2D eigenvalue weighted by atomic mass is 10.0. The maximum absolute atomic E-state index is 9.89. The Kier molecular flexibility index (Phi) is 5.50. The number of phenolic OH excluding ortho intramolecular Hbond substituents is 1. The third-order valence-electron chi connectivity index (χ3n) is 3.57. The largest absolute Gasteiger partial charge is 0.504 e. The first-order valence-corrected chi connectivity index (χ1v) is 7.43. The smallest absolute Gasteiger partial charge is 0.160 e. The lowest BCUT2D eigenvalue weighted by Crippen LogP contribution is -2.10. The van der Waals surface area contributed by atoms with E-state index < -0.39 is 0 Å². The van der Waals surface area contributed by atoms with Gasteiger partial charge in [0.15, 0.2) is 11.5 Å². The normalized spacial score (nSPS) is 11.9. The van der Waals surface area contributed by atoms with Gasteiger partial charge in [0, 0.05) is 11.8 Å². The van der Waals surface area contributed by atoms with Crippen molar-refractivity contribution in [1.29, 1.82) is 0 Å². The van der Waals surface area contributed by atoms with Gasteiger partial charge in [0.2, 0.25) is 0 Å². The van der Waals surface area contributed by atoms with E-state index in [2.05, 4.69) is 36.5 Å². The van der Waals surface area contributed by atoms with Gasteiger partial charge in [-0.25, -0.2) is 0 Å². The predicted octanol–water partition coefficient (Wildman–Crippen LogP) is 4.74. The van der Waals surface area contributed by atoms with Crippen LogP contribution in [0.15, 0.2) is 48.5 Å². The molecule has 2 N–H and O–H groups in total. The highest BCUT2D eigenvalue weighted by atomic mass is 16.5. The molecule has 0 aliphatic carbocycles. The second kappa shape index (κ2) is 7.58. The molecule has 3 heteroatoms. The summed E-state index contributed by atoms with van der Waals surface area (Å²) < 4.78 is 5.08. The number of anilines is 1. The molecule has 0 aromatic heterocycles. The molecule has 2 rings (SSSR count). The van der Waals surface area contributed by atoms with Crippen molar-refractivity contribution in [3.05, 3.63) is 54.1 Å². The van der Waals surface area contributed by atoms with Gasteiger partial charge in [-0.1, -0.05) is 50.1 Å². The Morgan fingerprint density at radius 2 is 1.90 bits per heavy atom. The highest BCUT2D eigenvalue weighted by Gasteiger charge is 2.11. The van der Waals surface area contributed by atoms with Crippen LogP contribution >= 0.6 is 0 Å². The van der Waals surface area contributed by atoms with Crippen LogP contribution in [-0.4, -0.2) is 12.2 Å². The number of hydrogen-bond acceptors (Lipinski definition) is 3. The Hall–Kier alpha value is -2.16. The molecule has 0 heterocycles. The molecule has 3 nitrogen and oxygen atoms in total. The summed E-state index contributed by atoms with van der Waals surface area (Å²) in [6.07, 6.45) is 3.39. The Bertz CT molecular complexity index is 554. The van der Waals surface area contributed by atoms with Gasteiger partial charge in [0.05, 0.1) is 13.2 Å². The predicted molar refractivity (Wildman–Crippen MR) is 87.0 cm³/mol. The summed E-state index contributed by atoms with van der Waals surface area (Å²) in [7, 11) is 1.55. The zero-order valence-corrected chi connectivity index (χ0v) is 12.7. The van der Waals surface area contributed by atoms with Crippen molar-refractivity contribution in [3.63, 3.8) is 0 Å². The van der Waals surface area contributed by atoms with E-state index in [1.807, 2.05) is 12.1 Å². The molecule has 0 radical (unpaired) electrons. The molecule has 0 amide bonds. The molecule has 0 fully saturated rings. The molecule has 0 bridgehead atoms. The van der Waals surface area contributed by atoms with E-state index in [1.54, 1.807) is 19.2 Å². The molecule has 0 spiro atoms. The van der Waals surface area contributed by atoms with E-state index in [0.29, 0.717) is 5.75 Å². The number of nitrogens with one attached hydrogen (secondary N) is 1. The average molecular weight is 285 g/mol. The standard InChI is InChI=1S/C18H23NO2/c1-3-4-10-16(14-8-6-5-7-9-14)19-15-11-12-18(21-2)17(20)13-15/h5-9,11-13,16,19-20H,3-4,10H2,1-2H3. The van der Waals surface area contributed by atoms with Gasteiger partial charge in [0.1, 0.15) is 0 Å². The molecule has 2 aromatic rings. The first-order chi connectivity index (χ1) is 10.2. The third kappa shape index (κ3) is 4.15. The van der Waals surface area contributed by atoms with Gasteiger partial charge in [-0.2, -0.15) is 0 Å². The van der Waals surface area contributed by atoms with Crippen LogP contribution < -0.4 is 10.1 Å². The van der Waals surface area contributed by atoms with Gasteiger partial charge in [-0.15, -0.1) is 0 Å². The summed E-state index contributed by atoms with van der Waals surface area (Å²) in [6, 6.07) is 16.1. The van der Waals surface area contributed by atoms with Crippen molar-refractivity contribution in [2.75, 3.05) is 12.4 Å². The van der Waals surface area contributed by atoms with Crippen LogP contribution in [0.5, 0.6) is 11.5 Å². The molecule has 2 aromatic carbocycles. The fraction of sp³-hybridized carbons (Fsp3) is 0.333. The molecular formula is C18H23NO2. The Balaban J connectivity index is 2.16. The van der Waals surface area contributed by atoms with Gasteiger partial charge in [-0.3, -0.25) is 0 Å². The molecule has 0 aliphatic heterocycles. The van der Waals surface area contributed by atoms with E-state index in [4.69, 9.17) is 4.74 Å². The first kappa shape index (κ1) is 15.2. The van der Waals surface area contributed by atoms with Gasteiger partial charge < -0.3 is 15.2 Å². The Morgan fingerprint density at radius 3 is 2.52 bits per heavy atom. The molecular weight excluding hydrogens is 262 g/mol. The fourth-order valence-corrected chi connectivity index (χ4v) is 2.40. The molecule has 21 heavy (non-hydrogen) atoms. The van der Waals surface area contributed by atoms with Crippen molar-refractivity contribution in [2.45, 2.75) is 32.2 Å². The Morgan fingerprint density at radius 1 is 1.14 bits per heavy atom. The van der Waals surface area contributed by atoms with Crippen LogP contribution in [0.1, 0.15) is 37.8 Å². The van der Waals surface area contributed by atoms with E-state index in [9.17, 15) is 5.11 Å². The summed E-state index contributed by atoms with van der Waals surface area (Å²) in [4.78, 5) is 0. The number of methoxy groups -OCH3 is 1. The minimum absolute atomic E-state index is 0.157. The van der Waals surface area contributed by atoms with E-state index in [0.717, 1.165) is 18.5 Å². The summed E-state index contributed by atoms with van der Waals surface area (Å²) in [5.41, 5.74) is 2.17. The van der Waals surface area contributed by atoms with Crippen molar-refractivity contribution in [1.82, 2.24) is 0 Å². The highest BCUT2D eigenvalue weighted by molar-refractivity contribution is 5.55. The van der Waals surface area contributed by atoms with E-state index in [-0.39, 0.29) is 11.8 Å². The topological polar surface area (TPSA) is 41.5 Å².